The SMILES string of the molecule is CC(C)(O)C(C)(C)OCCc1ccc2c(c1)c1ccccc1n2-c1ccc(-c2ccc(N(c3ccccc3)c3ccccc3)cc2)cc1. The Bertz CT molecular complexity index is 2100. The van der Waals surface area contributed by atoms with Gasteiger partial charge in [0.1, 0.15) is 0 Å². The lowest BCUT2D eigenvalue weighted by molar-refractivity contribution is -0.146. The first-order valence-corrected chi connectivity index (χ1v) is 16.7. The van der Waals surface area contributed by atoms with E-state index in [1.54, 1.807) is 13.8 Å². The summed E-state index contributed by atoms with van der Waals surface area (Å²) in [6.45, 7) is 8.01. The first-order chi connectivity index (χ1) is 23.2. The molecule has 0 aliphatic rings. The van der Waals surface area contributed by atoms with Crippen LogP contribution in [0.2, 0.25) is 0 Å². The third kappa shape index (κ3) is 6.13. The average molecular weight is 631 g/mol. The molecule has 1 aromatic heterocycles. The molecular weight excluding hydrogens is 588 g/mol. The molecule has 0 unspecified atom stereocenters. The van der Waals surface area contributed by atoms with Gasteiger partial charge in [-0.05, 0) is 118 Å². The molecule has 0 saturated heterocycles. The predicted octanol–water partition coefficient (Wildman–Crippen LogP) is 11.0. The van der Waals surface area contributed by atoms with Crippen LogP contribution < -0.4 is 4.90 Å². The van der Waals surface area contributed by atoms with Gasteiger partial charge in [-0.2, -0.15) is 0 Å². The van der Waals surface area contributed by atoms with Gasteiger partial charge in [-0.1, -0.05) is 84.9 Å². The smallest absolute Gasteiger partial charge is 0.0906 e. The zero-order valence-corrected chi connectivity index (χ0v) is 28.1. The van der Waals surface area contributed by atoms with E-state index >= 15 is 0 Å². The Morgan fingerprint density at radius 3 is 1.69 bits per heavy atom. The van der Waals surface area contributed by atoms with Crippen LogP contribution in [0.5, 0.6) is 0 Å². The summed E-state index contributed by atoms with van der Waals surface area (Å²) in [6, 6.07) is 54.0. The number of para-hydroxylation sites is 3. The Balaban J connectivity index is 1.16. The van der Waals surface area contributed by atoms with Gasteiger partial charge < -0.3 is 19.3 Å². The minimum atomic E-state index is -0.921. The molecule has 0 fully saturated rings. The van der Waals surface area contributed by atoms with E-state index in [4.69, 9.17) is 4.74 Å². The number of hydrogen-bond acceptors (Lipinski definition) is 3. The largest absolute Gasteiger partial charge is 0.387 e. The lowest BCUT2D eigenvalue weighted by Gasteiger charge is -2.37. The lowest BCUT2D eigenvalue weighted by atomic mass is 9.89. The number of aromatic nitrogens is 1. The van der Waals surface area contributed by atoms with E-state index in [0.717, 1.165) is 29.2 Å². The third-order valence-electron chi connectivity index (χ3n) is 9.68. The standard InChI is InChI=1S/C44H42N2O2/c1-43(2,47)44(3,4)48-30-29-32-19-28-42-40(31-32)39-17-11-12-18-41(39)46(42)38-26-22-34(23-27-38)33-20-24-37(25-21-33)45(35-13-7-5-8-14-35)36-15-9-6-10-16-36/h5-28,31,47H,29-30H2,1-4H3. The molecule has 0 spiro atoms. The van der Waals surface area contributed by atoms with Crippen molar-refractivity contribution in [1.82, 2.24) is 4.57 Å². The van der Waals surface area contributed by atoms with Crippen LogP contribution in [0.15, 0.2) is 152 Å². The van der Waals surface area contributed by atoms with Crippen LogP contribution in [-0.2, 0) is 11.2 Å². The van der Waals surface area contributed by atoms with E-state index < -0.39 is 11.2 Å². The second kappa shape index (κ2) is 12.8. The molecule has 48 heavy (non-hydrogen) atoms. The second-order valence-electron chi connectivity index (χ2n) is 13.5. The molecule has 6 aromatic carbocycles. The monoisotopic (exact) mass is 630 g/mol. The van der Waals surface area contributed by atoms with Crippen molar-refractivity contribution < 1.29 is 9.84 Å². The number of hydrogen-bond donors (Lipinski definition) is 1. The summed E-state index contributed by atoms with van der Waals surface area (Å²) in [4.78, 5) is 2.28. The maximum Gasteiger partial charge on any atom is 0.0906 e. The van der Waals surface area contributed by atoms with E-state index in [9.17, 15) is 5.11 Å². The number of aliphatic hydroxyl groups is 1. The zero-order valence-electron chi connectivity index (χ0n) is 28.1. The number of fused-ring (bicyclic) bond motifs is 3. The van der Waals surface area contributed by atoms with Crippen molar-refractivity contribution in [3.05, 3.63) is 157 Å². The molecule has 4 nitrogen and oxygen atoms in total. The fourth-order valence-electron chi connectivity index (χ4n) is 6.26. The average Bonchev–Trinajstić information content (AvgIpc) is 3.43. The molecule has 0 aliphatic heterocycles. The zero-order chi connectivity index (χ0) is 33.3. The number of rotatable bonds is 10. The fourth-order valence-corrected chi connectivity index (χ4v) is 6.26. The van der Waals surface area contributed by atoms with Crippen molar-refractivity contribution >= 4 is 38.9 Å². The molecule has 7 rings (SSSR count). The predicted molar refractivity (Wildman–Crippen MR) is 201 cm³/mol. The van der Waals surface area contributed by atoms with Gasteiger partial charge in [-0.15, -0.1) is 0 Å². The van der Waals surface area contributed by atoms with Crippen LogP contribution in [0, 0.1) is 0 Å². The van der Waals surface area contributed by atoms with E-state index in [0.29, 0.717) is 6.61 Å². The van der Waals surface area contributed by atoms with Gasteiger partial charge in [0.05, 0.1) is 28.8 Å². The highest BCUT2D eigenvalue weighted by Gasteiger charge is 2.35. The summed E-state index contributed by atoms with van der Waals surface area (Å²) < 4.78 is 8.47. The van der Waals surface area contributed by atoms with Gasteiger partial charge >= 0.3 is 0 Å². The van der Waals surface area contributed by atoms with Gasteiger partial charge in [0, 0.05) is 33.5 Å². The molecule has 1 heterocycles. The van der Waals surface area contributed by atoms with Gasteiger partial charge in [-0.25, -0.2) is 0 Å². The van der Waals surface area contributed by atoms with Crippen LogP contribution >= 0.6 is 0 Å². The van der Waals surface area contributed by atoms with Crippen molar-refractivity contribution in [2.45, 2.75) is 45.3 Å². The molecule has 240 valence electrons. The summed E-state index contributed by atoms with van der Waals surface area (Å²) >= 11 is 0. The molecule has 4 heteroatoms. The molecule has 0 aliphatic carbocycles. The highest BCUT2D eigenvalue weighted by Crippen LogP contribution is 2.37. The molecule has 0 atom stereocenters. The quantitative estimate of drug-likeness (QED) is 0.163. The Morgan fingerprint density at radius 2 is 1.08 bits per heavy atom. The van der Waals surface area contributed by atoms with Crippen molar-refractivity contribution in [3.8, 4) is 16.8 Å². The van der Waals surface area contributed by atoms with E-state index in [1.807, 2.05) is 13.8 Å². The third-order valence-corrected chi connectivity index (χ3v) is 9.68. The minimum Gasteiger partial charge on any atom is -0.387 e. The highest BCUT2D eigenvalue weighted by atomic mass is 16.5. The number of nitrogens with zero attached hydrogens (tertiary/aromatic N) is 2. The van der Waals surface area contributed by atoms with E-state index in [-0.39, 0.29) is 0 Å². The first kappa shape index (κ1) is 31.4. The van der Waals surface area contributed by atoms with Gasteiger partial charge in [0.2, 0.25) is 0 Å². The van der Waals surface area contributed by atoms with Crippen LogP contribution in [-0.4, -0.2) is 27.5 Å². The van der Waals surface area contributed by atoms with E-state index in [1.165, 1.54) is 38.5 Å². The fraction of sp³-hybridized carbons (Fsp3) is 0.182. The molecule has 0 radical (unpaired) electrons. The minimum absolute atomic E-state index is 0.542. The second-order valence-corrected chi connectivity index (χ2v) is 13.5. The lowest BCUT2D eigenvalue weighted by Crippen LogP contribution is -2.47. The van der Waals surface area contributed by atoms with Gasteiger partial charge in [0.25, 0.3) is 0 Å². The van der Waals surface area contributed by atoms with Crippen LogP contribution in [0.1, 0.15) is 33.3 Å². The van der Waals surface area contributed by atoms with Crippen molar-refractivity contribution in [2.24, 2.45) is 0 Å². The Kier molecular flexibility index (Phi) is 8.38. The molecular formula is C44H42N2O2. The Hall–Kier alpha value is -5.16. The van der Waals surface area contributed by atoms with Crippen molar-refractivity contribution in [1.29, 1.82) is 0 Å². The first-order valence-electron chi connectivity index (χ1n) is 16.7. The van der Waals surface area contributed by atoms with Crippen LogP contribution in [0.4, 0.5) is 17.1 Å². The molecule has 7 aromatic rings. The molecule has 1 N–H and O–H groups in total. The molecule has 0 amide bonds. The van der Waals surface area contributed by atoms with Crippen molar-refractivity contribution in [2.75, 3.05) is 11.5 Å². The highest BCUT2D eigenvalue weighted by molar-refractivity contribution is 6.09. The molecule has 0 saturated carbocycles. The summed E-state index contributed by atoms with van der Waals surface area (Å²) in [5, 5.41) is 12.9. The van der Waals surface area contributed by atoms with Crippen LogP contribution in [0.3, 0.4) is 0 Å². The normalized spacial score (nSPS) is 12.1. The van der Waals surface area contributed by atoms with Crippen molar-refractivity contribution in [3.63, 3.8) is 0 Å². The number of ether oxygens (including phenoxy) is 1. The maximum absolute atomic E-state index is 10.5. The Labute approximate surface area is 283 Å². The summed E-state index contributed by atoms with van der Waals surface area (Å²) in [5.74, 6) is 0. The summed E-state index contributed by atoms with van der Waals surface area (Å²) in [5.41, 5.74) is 8.87. The topological polar surface area (TPSA) is 37.6 Å². The maximum atomic E-state index is 10.5. The number of anilines is 3. The van der Waals surface area contributed by atoms with Gasteiger partial charge in [-0.3, -0.25) is 0 Å². The molecule has 0 bridgehead atoms. The Morgan fingerprint density at radius 1 is 0.562 bits per heavy atom. The summed E-state index contributed by atoms with van der Waals surface area (Å²) in [6.07, 6.45) is 0.775. The number of benzene rings is 6. The van der Waals surface area contributed by atoms with Crippen LogP contribution in [0.25, 0.3) is 38.6 Å². The van der Waals surface area contributed by atoms with Gasteiger partial charge in [0.15, 0.2) is 0 Å². The van der Waals surface area contributed by atoms with E-state index in [2.05, 4.69) is 161 Å². The summed E-state index contributed by atoms with van der Waals surface area (Å²) in [7, 11) is 0.